The number of ether oxygens (including phenoxy) is 1. The van der Waals surface area contributed by atoms with Crippen molar-refractivity contribution < 1.29 is 9.53 Å². The lowest BCUT2D eigenvalue weighted by Crippen LogP contribution is -2.45. The van der Waals surface area contributed by atoms with Crippen molar-refractivity contribution in [1.82, 2.24) is 10.2 Å². The maximum atomic E-state index is 12.0. The monoisotopic (exact) mass is 228 g/mol. The number of rotatable bonds is 0. The fraction of sp³-hybridized carbons (Fsp3) is 0.917. The van der Waals surface area contributed by atoms with E-state index in [1.165, 1.54) is 0 Å². The van der Waals surface area contributed by atoms with Crippen molar-refractivity contribution in [3.63, 3.8) is 0 Å². The molecule has 1 rings (SSSR count). The fourth-order valence-electron chi connectivity index (χ4n) is 1.78. The van der Waals surface area contributed by atoms with Gasteiger partial charge in [0.1, 0.15) is 5.60 Å². The van der Waals surface area contributed by atoms with Crippen molar-refractivity contribution in [1.29, 1.82) is 0 Å². The van der Waals surface area contributed by atoms with Gasteiger partial charge in [0.2, 0.25) is 0 Å². The van der Waals surface area contributed by atoms with Gasteiger partial charge in [0.25, 0.3) is 0 Å². The van der Waals surface area contributed by atoms with E-state index in [2.05, 4.69) is 12.2 Å². The number of hydrogen-bond acceptors (Lipinski definition) is 3. The summed E-state index contributed by atoms with van der Waals surface area (Å²) >= 11 is 0. The van der Waals surface area contributed by atoms with E-state index in [0.717, 1.165) is 32.5 Å². The summed E-state index contributed by atoms with van der Waals surface area (Å²) in [4.78, 5) is 13.8. The first-order valence-electron chi connectivity index (χ1n) is 6.10. The van der Waals surface area contributed by atoms with Gasteiger partial charge in [0, 0.05) is 12.6 Å². The summed E-state index contributed by atoms with van der Waals surface area (Å²) in [6.07, 6.45) is 1.80. The molecule has 0 radical (unpaired) electrons. The summed E-state index contributed by atoms with van der Waals surface area (Å²) in [5.41, 5.74) is -0.405. The van der Waals surface area contributed by atoms with Crippen molar-refractivity contribution in [3.05, 3.63) is 0 Å². The molecule has 0 aliphatic carbocycles. The highest BCUT2D eigenvalue weighted by Gasteiger charge is 2.26. The molecule has 0 bridgehead atoms. The Labute approximate surface area is 98.3 Å². The molecule has 1 fully saturated rings. The van der Waals surface area contributed by atoms with E-state index in [1.807, 2.05) is 25.7 Å². The molecule has 1 unspecified atom stereocenters. The second-order valence-corrected chi connectivity index (χ2v) is 5.41. The van der Waals surface area contributed by atoms with Gasteiger partial charge < -0.3 is 15.0 Å². The Bertz CT molecular complexity index is 236. The van der Waals surface area contributed by atoms with Gasteiger partial charge in [-0.1, -0.05) is 0 Å². The Balaban J connectivity index is 2.56. The zero-order chi connectivity index (χ0) is 12.2. The summed E-state index contributed by atoms with van der Waals surface area (Å²) < 4.78 is 5.41. The third kappa shape index (κ3) is 4.39. The molecule has 1 aliphatic rings. The van der Waals surface area contributed by atoms with Gasteiger partial charge in [0.15, 0.2) is 0 Å². The average molecular weight is 228 g/mol. The second kappa shape index (κ2) is 5.53. The van der Waals surface area contributed by atoms with Crippen molar-refractivity contribution >= 4 is 6.09 Å². The van der Waals surface area contributed by atoms with Gasteiger partial charge in [-0.05, 0) is 53.6 Å². The Morgan fingerprint density at radius 2 is 2.06 bits per heavy atom. The number of nitrogens with zero attached hydrogens (tertiary/aromatic N) is 1. The first-order chi connectivity index (χ1) is 7.40. The molecule has 1 N–H and O–H groups in total. The van der Waals surface area contributed by atoms with Crippen LogP contribution in [0.15, 0.2) is 0 Å². The highest BCUT2D eigenvalue weighted by Crippen LogP contribution is 2.14. The highest BCUT2D eigenvalue weighted by atomic mass is 16.6. The molecule has 0 aromatic rings. The van der Waals surface area contributed by atoms with Gasteiger partial charge in [-0.15, -0.1) is 0 Å². The Morgan fingerprint density at radius 3 is 2.69 bits per heavy atom. The molecule has 1 aliphatic heterocycles. The van der Waals surface area contributed by atoms with E-state index in [1.54, 1.807) is 0 Å². The molecular weight excluding hydrogens is 204 g/mol. The maximum absolute atomic E-state index is 12.0. The highest BCUT2D eigenvalue weighted by molar-refractivity contribution is 5.68. The molecular formula is C12H24N2O2. The Hall–Kier alpha value is -0.770. The van der Waals surface area contributed by atoms with Crippen LogP contribution < -0.4 is 5.32 Å². The lowest BCUT2D eigenvalue weighted by molar-refractivity contribution is 0.0157. The van der Waals surface area contributed by atoms with Crippen LogP contribution in [-0.4, -0.2) is 42.3 Å². The molecule has 4 heteroatoms. The first-order valence-corrected chi connectivity index (χ1v) is 6.10. The summed E-state index contributed by atoms with van der Waals surface area (Å²) in [6.45, 7) is 10.5. The average Bonchev–Trinajstić information content (AvgIpc) is 2.08. The maximum Gasteiger partial charge on any atom is 0.410 e. The summed E-state index contributed by atoms with van der Waals surface area (Å²) in [5.74, 6) is 0. The molecule has 1 atom stereocenters. The quantitative estimate of drug-likeness (QED) is 0.689. The van der Waals surface area contributed by atoms with E-state index >= 15 is 0 Å². The standard InChI is InChI=1S/C12H24N2O2/c1-10-6-8-13-7-5-9-14(10)11(15)16-12(2,3)4/h10,13H,5-9H2,1-4H3. The fourth-order valence-corrected chi connectivity index (χ4v) is 1.78. The minimum absolute atomic E-state index is 0.179. The molecule has 1 amide bonds. The topological polar surface area (TPSA) is 41.6 Å². The largest absolute Gasteiger partial charge is 0.444 e. The third-order valence-electron chi connectivity index (χ3n) is 2.65. The van der Waals surface area contributed by atoms with Crippen molar-refractivity contribution in [2.45, 2.75) is 52.2 Å². The Morgan fingerprint density at radius 1 is 1.38 bits per heavy atom. The molecule has 4 nitrogen and oxygen atoms in total. The number of carbonyl (C=O) groups is 1. The van der Waals surface area contributed by atoms with Crippen molar-refractivity contribution in [2.75, 3.05) is 19.6 Å². The zero-order valence-electron chi connectivity index (χ0n) is 10.9. The third-order valence-corrected chi connectivity index (χ3v) is 2.65. The summed E-state index contributed by atoms with van der Waals surface area (Å²) in [7, 11) is 0. The molecule has 1 heterocycles. The molecule has 94 valence electrons. The number of amides is 1. The van der Waals surface area contributed by atoms with Crippen LogP contribution >= 0.6 is 0 Å². The minimum atomic E-state index is -0.405. The van der Waals surface area contributed by atoms with Crippen LogP contribution in [-0.2, 0) is 4.74 Å². The van der Waals surface area contributed by atoms with Crippen LogP contribution in [0, 0.1) is 0 Å². The van der Waals surface area contributed by atoms with Gasteiger partial charge in [-0.25, -0.2) is 4.79 Å². The molecule has 1 saturated heterocycles. The van der Waals surface area contributed by atoms with E-state index in [9.17, 15) is 4.79 Å². The zero-order valence-corrected chi connectivity index (χ0v) is 10.9. The van der Waals surface area contributed by atoms with E-state index < -0.39 is 5.60 Å². The normalized spacial score (nSPS) is 23.5. The van der Waals surface area contributed by atoms with Crippen LogP contribution in [0.5, 0.6) is 0 Å². The summed E-state index contributed by atoms with van der Waals surface area (Å²) in [5, 5.41) is 3.35. The van der Waals surface area contributed by atoms with Crippen molar-refractivity contribution in [3.8, 4) is 0 Å². The SMILES string of the molecule is CC1CCNCCCN1C(=O)OC(C)(C)C. The molecule has 16 heavy (non-hydrogen) atoms. The number of hydrogen-bond donors (Lipinski definition) is 1. The van der Waals surface area contributed by atoms with Crippen LogP contribution in [0.2, 0.25) is 0 Å². The lowest BCUT2D eigenvalue weighted by Gasteiger charge is -2.33. The van der Waals surface area contributed by atoms with Crippen LogP contribution in [0.1, 0.15) is 40.5 Å². The van der Waals surface area contributed by atoms with E-state index in [0.29, 0.717) is 0 Å². The molecule has 0 aromatic carbocycles. The van der Waals surface area contributed by atoms with E-state index in [-0.39, 0.29) is 12.1 Å². The summed E-state index contributed by atoms with van der Waals surface area (Å²) in [6, 6.07) is 0.252. The molecule has 0 spiro atoms. The first kappa shape index (κ1) is 13.3. The molecule has 0 saturated carbocycles. The minimum Gasteiger partial charge on any atom is -0.444 e. The predicted octanol–water partition coefficient (Wildman–Crippen LogP) is 2.00. The van der Waals surface area contributed by atoms with E-state index in [4.69, 9.17) is 4.74 Å². The van der Waals surface area contributed by atoms with Crippen LogP contribution in [0.3, 0.4) is 0 Å². The number of carbonyl (C=O) groups excluding carboxylic acids is 1. The van der Waals surface area contributed by atoms with Gasteiger partial charge in [-0.3, -0.25) is 0 Å². The smallest absolute Gasteiger partial charge is 0.410 e. The van der Waals surface area contributed by atoms with Gasteiger partial charge in [-0.2, -0.15) is 0 Å². The van der Waals surface area contributed by atoms with Gasteiger partial charge >= 0.3 is 6.09 Å². The second-order valence-electron chi connectivity index (χ2n) is 5.41. The molecule has 0 aromatic heterocycles. The van der Waals surface area contributed by atoms with Crippen LogP contribution in [0.4, 0.5) is 4.79 Å². The van der Waals surface area contributed by atoms with Gasteiger partial charge in [0.05, 0.1) is 0 Å². The van der Waals surface area contributed by atoms with Crippen LogP contribution in [0.25, 0.3) is 0 Å². The Kier molecular flexibility index (Phi) is 4.59. The lowest BCUT2D eigenvalue weighted by atomic mass is 10.1. The predicted molar refractivity (Wildman–Crippen MR) is 64.5 cm³/mol. The number of nitrogens with one attached hydrogen (secondary N) is 1. The van der Waals surface area contributed by atoms with Crippen molar-refractivity contribution in [2.24, 2.45) is 0 Å².